The van der Waals surface area contributed by atoms with Crippen LogP contribution in [0, 0.1) is 5.82 Å². The number of thiazole rings is 1. The van der Waals surface area contributed by atoms with E-state index in [1.807, 2.05) is 72.3 Å². The van der Waals surface area contributed by atoms with Crippen molar-refractivity contribution in [1.82, 2.24) is 4.57 Å². The number of aromatic nitrogens is 1. The number of carbonyl (C=O) groups excluding carboxylic acids is 1. The van der Waals surface area contributed by atoms with Crippen LogP contribution >= 0.6 is 11.3 Å². The van der Waals surface area contributed by atoms with E-state index in [1.165, 1.54) is 29.5 Å². The first-order valence-electron chi connectivity index (χ1n) is 8.79. The van der Waals surface area contributed by atoms with Crippen molar-refractivity contribution in [3.05, 3.63) is 101 Å². The minimum absolute atomic E-state index is 0.232. The number of halogens is 1. The molecule has 0 aliphatic carbocycles. The van der Waals surface area contributed by atoms with Crippen LogP contribution < -0.4 is 4.80 Å². The zero-order valence-corrected chi connectivity index (χ0v) is 16.0. The Bertz CT molecular complexity index is 1190. The summed E-state index contributed by atoms with van der Waals surface area (Å²) in [6.07, 6.45) is 0. The number of hydrogen-bond donors (Lipinski definition) is 0. The zero-order valence-electron chi connectivity index (χ0n) is 15.2. The number of rotatable bonds is 3. The molecule has 0 aliphatic rings. The van der Waals surface area contributed by atoms with Crippen LogP contribution in [0.5, 0.6) is 0 Å². The van der Waals surface area contributed by atoms with Gasteiger partial charge in [-0.25, -0.2) is 4.39 Å². The fourth-order valence-electron chi connectivity index (χ4n) is 3.03. The predicted molar refractivity (Wildman–Crippen MR) is 110 cm³/mol. The molecule has 138 valence electrons. The van der Waals surface area contributed by atoms with Crippen LogP contribution in [0.4, 0.5) is 4.39 Å². The van der Waals surface area contributed by atoms with E-state index >= 15 is 0 Å². The molecule has 4 aromatic rings. The van der Waals surface area contributed by atoms with Crippen molar-refractivity contribution in [2.24, 2.45) is 12.0 Å². The molecule has 0 N–H and O–H groups in total. The number of benzene rings is 3. The second-order valence-electron chi connectivity index (χ2n) is 6.28. The van der Waals surface area contributed by atoms with Crippen LogP contribution in [0.3, 0.4) is 0 Å². The third-order valence-electron chi connectivity index (χ3n) is 4.38. The van der Waals surface area contributed by atoms with Crippen molar-refractivity contribution >= 4 is 17.2 Å². The molecule has 28 heavy (non-hydrogen) atoms. The maximum atomic E-state index is 13.5. The van der Waals surface area contributed by atoms with Gasteiger partial charge in [0.25, 0.3) is 5.91 Å². The summed E-state index contributed by atoms with van der Waals surface area (Å²) >= 11 is 1.44. The lowest BCUT2D eigenvalue weighted by Gasteiger charge is -2.07. The molecule has 0 fully saturated rings. The van der Waals surface area contributed by atoms with Crippen molar-refractivity contribution < 1.29 is 9.18 Å². The highest BCUT2D eigenvalue weighted by molar-refractivity contribution is 7.13. The molecule has 1 amide bonds. The summed E-state index contributed by atoms with van der Waals surface area (Å²) in [5, 5.41) is 0. The van der Waals surface area contributed by atoms with Gasteiger partial charge in [-0.3, -0.25) is 4.79 Å². The van der Waals surface area contributed by atoms with Gasteiger partial charge in [0.05, 0.1) is 10.6 Å². The fraction of sp³-hybridized carbons (Fsp3) is 0.0435. The number of hydrogen-bond acceptors (Lipinski definition) is 2. The summed E-state index contributed by atoms with van der Waals surface area (Å²) in [7, 11) is 1.89. The first kappa shape index (κ1) is 18.1. The van der Waals surface area contributed by atoms with Gasteiger partial charge in [-0.05, 0) is 29.3 Å². The second kappa shape index (κ2) is 7.74. The topological polar surface area (TPSA) is 34.4 Å². The van der Waals surface area contributed by atoms with Crippen LogP contribution in [0.25, 0.3) is 21.7 Å². The average molecular weight is 388 g/mol. The Hall–Kier alpha value is -3.31. The van der Waals surface area contributed by atoms with Gasteiger partial charge in [-0.2, -0.15) is 4.99 Å². The van der Waals surface area contributed by atoms with E-state index in [4.69, 9.17) is 0 Å². The van der Waals surface area contributed by atoms with Crippen molar-refractivity contribution in [3.8, 4) is 21.7 Å². The quantitative estimate of drug-likeness (QED) is 0.469. The predicted octanol–water partition coefficient (Wildman–Crippen LogP) is 5.30. The average Bonchev–Trinajstić information content (AvgIpc) is 3.05. The number of amides is 1. The molecule has 3 nitrogen and oxygen atoms in total. The van der Waals surface area contributed by atoms with Gasteiger partial charge >= 0.3 is 0 Å². The Morgan fingerprint density at radius 2 is 1.54 bits per heavy atom. The lowest BCUT2D eigenvalue weighted by Crippen LogP contribution is -2.14. The highest BCUT2D eigenvalue weighted by atomic mass is 32.1. The molecule has 0 saturated carbocycles. The lowest BCUT2D eigenvalue weighted by atomic mass is 10.1. The van der Waals surface area contributed by atoms with Crippen molar-refractivity contribution in [1.29, 1.82) is 0 Å². The summed E-state index contributed by atoms with van der Waals surface area (Å²) in [6, 6.07) is 25.6. The standard InChI is InChI=1S/C23H17FN2OS/c1-26-20(16-9-4-2-5-10-16)21(17-11-6-3-7-12-17)28-23(26)25-22(27)18-13-8-14-19(24)15-18/h2-15H,1H3. The van der Waals surface area contributed by atoms with Gasteiger partial charge in [0.2, 0.25) is 0 Å². The lowest BCUT2D eigenvalue weighted by molar-refractivity contribution is 0.0997. The van der Waals surface area contributed by atoms with Crippen LogP contribution in [0.15, 0.2) is 89.9 Å². The Kier molecular flexibility index (Phi) is 5.00. The van der Waals surface area contributed by atoms with Crippen LogP contribution in [-0.2, 0) is 7.05 Å². The molecular weight excluding hydrogens is 371 g/mol. The first-order chi connectivity index (χ1) is 13.6. The first-order valence-corrected chi connectivity index (χ1v) is 9.60. The molecule has 0 bridgehead atoms. The molecule has 5 heteroatoms. The monoisotopic (exact) mass is 388 g/mol. The Morgan fingerprint density at radius 1 is 0.893 bits per heavy atom. The molecule has 0 saturated heterocycles. The normalized spacial score (nSPS) is 11.6. The van der Waals surface area contributed by atoms with E-state index in [2.05, 4.69) is 4.99 Å². The molecule has 4 rings (SSSR count). The Balaban J connectivity index is 1.90. The molecule has 0 aliphatic heterocycles. The molecule has 1 aromatic heterocycles. The maximum Gasteiger partial charge on any atom is 0.279 e. The second-order valence-corrected chi connectivity index (χ2v) is 7.26. The van der Waals surface area contributed by atoms with E-state index in [9.17, 15) is 9.18 Å². The minimum Gasteiger partial charge on any atom is -0.319 e. The largest absolute Gasteiger partial charge is 0.319 e. The van der Waals surface area contributed by atoms with Crippen molar-refractivity contribution in [2.45, 2.75) is 0 Å². The summed E-state index contributed by atoms with van der Waals surface area (Å²) < 4.78 is 15.4. The Morgan fingerprint density at radius 3 is 2.18 bits per heavy atom. The minimum atomic E-state index is -0.462. The number of carbonyl (C=O) groups is 1. The summed E-state index contributed by atoms with van der Waals surface area (Å²) in [6.45, 7) is 0. The third-order valence-corrected chi connectivity index (χ3v) is 5.56. The van der Waals surface area contributed by atoms with Gasteiger partial charge in [0, 0.05) is 12.6 Å². The van der Waals surface area contributed by atoms with Gasteiger partial charge in [-0.1, -0.05) is 78.1 Å². The third kappa shape index (κ3) is 3.57. The summed E-state index contributed by atoms with van der Waals surface area (Å²) in [5.74, 6) is -0.915. The van der Waals surface area contributed by atoms with E-state index in [-0.39, 0.29) is 5.56 Å². The highest BCUT2D eigenvalue weighted by Gasteiger charge is 2.16. The van der Waals surface area contributed by atoms with Gasteiger partial charge in [-0.15, -0.1) is 0 Å². The van der Waals surface area contributed by atoms with Crippen LogP contribution in [-0.4, -0.2) is 10.5 Å². The maximum absolute atomic E-state index is 13.5. The molecule has 0 spiro atoms. The van der Waals surface area contributed by atoms with E-state index in [0.29, 0.717) is 4.80 Å². The SMILES string of the molecule is Cn1c(-c2ccccc2)c(-c2ccccc2)sc1=NC(=O)c1cccc(F)c1. The van der Waals surface area contributed by atoms with Crippen LogP contribution in [0.2, 0.25) is 0 Å². The van der Waals surface area contributed by atoms with Gasteiger partial charge < -0.3 is 4.57 Å². The van der Waals surface area contributed by atoms with Gasteiger partial charge in [0.1, 0.15) is 5.82 Å². The molecule has 1 heterocycles. The number of nitrogens with zero attached hydrogens (tertiary/aromatic N) is 2. The molecule has 3 aromatic carbocycles. The van der Waals surface area contributed by atoms with Crippen molar-refractivity contribution in [3.63, 3.8) is 0 Å². The zero-order chi connectivity index (χ0) is 19.5. The molecule has 0 radical (unpaired) electrons. The van der Waals surface area contributed by atoms with E-state index < -0.39 is 11.7 Å². The van der Waals surface area contributed by atoms with Crippen molar-refractivity contribution in [2.75, 3.05) is 0 Å². The van der Waals surface area contributed by atoms with E-state index in [1.54, 1.807) is 6.07 Å². The Labute approximate surface area is 166 Å². The summed E-state index contributed by atoms with van der Waals surface area (Å²) in [5.41, 5.74) is 3.32. The molecular formula is C23H17FN2OS. The van der Waals surface area contributed by atoms with E-state index in [0.717, 1.165) is 21.7 Å². The van der Waals surface area contributed by atoms with Crippen LogP contribution in [0.1, 0.15) is 10.4 Å². The molecule has 0 atom stereocenters. The van der Waals surface area contributed by atoms with Gasteiger partial charge in [0.15, 0.2) is 4.80 Å². The molecule has 0 unspecified atom stereocenters. The fourth-order valence-corrected chi connectivity index (χ4v) is 4.18. The summed E-state index contributed by atoms with van der Waals surface area (Å²) in [4.78, 5) is 18.4. The smallest absolute Gasteiger partial charge is 0.279 e. The highest BCUT2D eigenvalue weighted by Crippen LogP contribution is 2.34.